The zero-order valence-electron chi connectivity index (χ0n) is 15.6. The van der Waals surface area contributed by atoms with E-state index in [0.717, 1.165) is 16.9 Å². The number of nitrogens with one attached hydrogen (secondary N) is 1. The third-order valence-electron chi connectivity index (χ3n) is 4.34. The van der Waals surface area contributed by atoms with Crippen molar-refractivity contribution in [1.82, 2.24) is 15.1 Å². The molecular weight excluding hydrogens is 378 g/mol. The van der Waals surface area contributed by atoms with Crippen LogP contribution < -0.4 is 15.6 Å². The van der Waals surface area contributed by atoms with Crippen molar-refractivity contribution in [2.75, 3.05) is 7.11 Å². The molecule has 0 saturated carbocycles. The van der Waals surface area contributed by atoms with Crippen LogP contribution in [-0.2, 0) is 11.3 Å². The lowest BCUT2D eigenvalue weighted by Crippen LogP contribution is -2.36. The Morgan fingerprint density at radius 1 is 1.11 bits per heavy atom. The van der Waals surface area contributed by atoms with E-state index in [-0.39, 0.29) is 11.5 Å². The molecule has 0 saturated heterocycles. The van der Waals surface area contributed by atoms with E-state index in [1.807, 2.05) is 36.4 Å². The van der Waals surface area contributed by atoms with Gasteiger partial charge in [-0.1, -0.05) is 23.7 Å². The molecule has 1 atom stereocenters. The summed E-state index contributed by atoms with van der Waals surface area (Å²) in [7, 11) is 1.60. The third kappa shape index (κ3) is 4.58. The van der Waals surface area contributed by atoms with E-state index in [2.05, 4.69) is 10.4 Å². The van der Waals surface area contributed by atoms with Gasteiger partial charge < -0.3 is 10.1 Å². The van der Waals surface area contributed by atoms with Gasteiger partial charge in [0.25, 0.3) is 5.56 Å². The number of rotatable bonds is 6. The molecule has 1 heterocycles. The number of ether oxygens (including phenoxy) is 1. The molecule has 0 radical (unpaired) electrons. The van der Waals surface area contributed by atoms with Gasteiger partial charge in [0.2, 0.25) is 5.91 Å². The molecular formula is C21H20ClN3O3. The summed E-state index contributed by atoms with van der Waals surface area (Å²) in [6.45, 7) is 1.98. The molecule has 0 aliphatic heterocycles. The predicted octanol–water partition coefficient (Wildman–Crippen LogP) is 3.45. The van der Waals surface area contributed by atoms with E-state index in [9.17, 15) is 9.59 Å². The molecule has 28 heavy (non-hydrogen) atoms. The second kappa shape index (κ2) is 8.71. The molecule has 1 amide bonds. The van der Waals surface area contributed by atoms with Crippen molar-refractivity contribution in [3.05, 3.63) is 81.6 Å². The van der Waals surface area contributed by atoms with Gasteiger partial charge in [-0.3, -0.25) is 9.59 Å². The number of benzene rings is 2. The molecule has 1 aromatic heterocycles. The second-order valence-electron chi connectivity index (χ2n) is 6.25. The lowest BCUT2D eigenvalue weighted by Gasteiger charge is -2.15. The normalized spacial score (nSPS) is 11.7. The van der Waals surface area contributed by atoms with Gasteiger partial charge in [-0.25, -0.2) is 4.68 Å². The topological polar surface area (TPSA) is 73.2 Å². The Morgan fingerprint density at radius 2 is 1.79 bits per heavy atom. The van der Waals surface area contributed by atoms with Crippen molar-refractivity contribution in [3.63, 3.8) is 0 Å². The average Bonchev–Trinajstić information content (AvgIpc) is 2.73. The highest BCUT2D eigenvalue weighted by Gasteiger charge is 2.18. The number of nitrogens with zero attached hydrogens (tertiary/aromatic N) is 2. The van der Waals surface area contributed by atoms with Crippen LogP contribution in [0.2, 0.25) is 5.02 Å². The lowest BCUT2D eigenvalue weighted by atomic mass is 10.1. The first-order chi connectivity index (χ1) is 13.5. The van der Waals surface area contributed by atoms with Gasteiger partial charge in [-0.2, -0.15) is 5.10 Å². The Labute approximate surface area is 167 Å². The van der Waals surface area contributed by atoms with Gasteiger partial charge in [0.15, 0.2) is 0 Å². The lowest BCUT2D eigenvalue weighted by molar-refractivity contribution is -0.124. The molecule has 144 valence electrons. The zero-order valence-corrected chi connectivity index (χ0v) is 16.3. The first kappa shape index (κ1) is 19.6. The SMILES string of the molecule is COc1ccc(-c2ccc(=O)n(C(C)C(=O)NCc3ccc(Cl)cc3)n2)cc1. The quantitative estimate of drug-likeness (QED) is 0.691. The minimum atomic E-state index is -0.752. The molecule has 7 heteroatoms. The molecule has 0 aliphatic rings. The smallest absolute Gasteiger partial charge is 0.267 e. The summed E-state index contributed by atoms with van der Waals surface area (Å²) in [5, 5.41) is 7.82. The van der Waals surface area contributed by atoms with Crippen LogP contribution in [0.3, 0.4) is 0 Å². The van der Waals surface area contributed by atoms with Crippen LogP contribution in [0, 0.1) is 0 Å². The average molecular weight is 398 g/mol. The Hall–Kier alpha value is -3.12. The zero-order chi connectivity index (χ0) is 20.1. The van der Waals surface area contributed by atoms with Crippen molar-refractivity contribution >= 4 is 17.5 Å². The minimum Gasteiger partial charge on any atom is -0.497 e. The van der Waals surface area contributed by atoms with Crippen LogP contribution in [0.25, 0.3) is 11.3 Å². The van der Waals surface area contributed by atoms with E-state index in [4.69, 9.17) is 16.3 Å². The van der Waals surface area contributed by atoms with Gasteiger partial charge >= 0.3 is 0 Å². The van der Waals surface area contributed by atoms with Crippen molar-refractivity contribution in [2.24, 2.45) is 0 Å². The number of amides is 1. The van der Waals surface area contributed by atoms with E-state index in [1.165, 1.54) is 10.7 Å². The van der Waals surface area contributed by atoms with E-state index >= 15 is 0 Å². The first-order valence-electron chi connectivity index (χ1n) is 8.74. The fourth-order valence-corrected chi connectivity index (χ4v) is 2.79. The van der Waals surface area contributed by atoms with Gasteiger partial charge in [-0.15, -0.1) is 0 Å². The molecule has 3 rings (SSSR count). The first-order valence-corrected chi connectivity index (χ1v) is 9.12. The van der Waals surface area contributed by atoms with Crippen molar-refractivity contribution < 1.29 is 9.53 Å². The molecule has 0 bridgehead atoms. The highest BCUT2D eigenvalue weighted by molar-refractivity contribution is 6.30. The molecule has 6 nitrogen and oxygen atoms in total. The van der Waals surface area contributed by atoms with E-state index < -0.39 is 6.04 Å². The van der Waals surface area contributed by atoms with Crippen LogP contribution >= 0.6 is 11.6 Å². The van der Waals surface area contributed by atoms with Crippen LogP contribution in [0.5, 0.6) is 5.75 Å². The summed E-state index contributed by atoms with van der Waals surface area (Å²) < 4.78 is 6.34. The van der Waals surface area contributed by atoms with Crippen LogP contribution in [0.1, 0.15) is 18.5 Å². The fraction of sp³-hybridized carbons (Fsp3) is 0.190. The number of carbonyl (C=O) groups excluding carboxylic acids is 1. The summed E-state index contributed by atoms with van der Waals surface area (Å²) in [4.78, 5) is 24.8. The number of hydrogen-bond acceptors (Lipinski definition) is 4. The van der Waals surface area contributed by atoms with Crippen LogP contribution in [0.15, 0.2) is 65.5 Å². The second-order valence-corrected chi connectivity index (χ2v) is 6.69. The Balaban J connectivity index is 1.76. The van der Waals surface area contributed by atoms with E-state index in [1.54, 1.807) is 32.2 Å². The highest BCUT2D eigenvalue weighted by Crippen LogP contribution is 2.20. The highest BCUT2D eigenvalue weighted by atomic mass is 35.5. The van der Waals surface area contributed by atoms with E-state index in [0.29, 0.717) is 17.3 Å². The molecule has 2 aromatic carbocycles. The predicted molar refractivity (Wildman–Crippen MR) is 108 cm³/mol. The largest absolute Gasteiger partial charge is 0.497 e. The Bertz CT molecular complexity index is 1010. The maximum Gasteiger partial charge on any atom is 0.267 e. The summed E-state index contributed by atoms with van der Waals surface area (Å²) in [5.74, 6) is 0.434. The number of hydrogen-bond donors (Lipinski definition) is 1. The van der Waals surface area contributed by atoms with Crippen molar-refractivity contribution in [3.8, 4) is 17.0 Å². The monoisotopic (exact) mass is 397 g/mol. The third-order valence-corrected chi connectivity index (χ3v) is 4.59. The number of halogens is 1. The van der Waals surface area contributed by atoms with Crippen LogP contribution in [0.4, 0.5) is 0 Å². The molecule has 0 spiro atoms. The van der Waals surface area contributed by atoms with Gasteiger partial charge in [0.05, 0.1) is 12.8 Å². The number of methoxy groups -OCH3 is 1. The standard InChI is InChI=1S/C21H20ClN3O3/c1-14(21(27)23-13-15-3-7-17(22)8-4-15)25-20(26)12-11-19(24-25)16-5-9-18(28-2)10-6-16/h3-12,14H,13H2,1-2H3,(H,23,27). The summed E-state index contributed by atoms with van der Waals surface area (Å²) in [6.07, 6.45) is 0. The maximum atomic E-state index is 12.5. The molecule has 3 aromatic rings. The number of carbonyl (C=O) groups is 1. The molecule has 0 aliphatic carbocycles. The Morgan fingerprint density at radius 3 is 2.43 bits per heavy atom. The fourth-order valence-electron chi connectivity index (χ4n) is 2.67. The maximum absolute atomic E-state index is 12.5. The van der Waals surface area contributed by atoms with Gasteiger partial charge in [0.1, 0.15) is 11.8 Å². The molecule has 1 N–H and O–H groups in total. The van der Waals surface area contributed by atoms with Crippen LogP contribution in [-0.4, -0.2) is 22.8 Å². The molecule has 1 unspecified atom stereocenters. The minimum absolute atomic E-state index is 0.295. The Kier molecular flexibility index (Phi) is 6.11. The van der Waals surface area contributed by atoms with Gasteiger partial charge in [0, 0.05) is 23.2 Å². The van der Waals surface area contributed by atoms with Gasteiger partial charge in [-0.05, 0) is 55.0 Å². The van der Waals surface area contributed by atoms with Crippen molar-refractivity contribution in [1.29, 1.82) is 0 Å². The molecule has 0 fully saturated rings. The summed E-state index contributed by atoms with van der Waals surface area (Å²) >= 11 is 5.86. The number of aromatic nitrogens is 2. The summed E-state index contributed by atoms with van der Waals surface area (Å²) in [5.41, 5.74) is 1.99. The van der Waals surface area contributed by atoms with Crippen molar-refractivity contribution in [2.45, 2.75) is 19.5 Å². The summed E-state index contributed by atoms with van der Waals surface area (Å²) in [6, 6.07) is 16.8.